The molecule has 0 saturated carbocycles. The predicted molar refractivity (Wildman–Crippen MR) is 81.4 cm³/mol. The van der Waals surface area contributed by atoms with Crippen molar-refractivity contribution in [2.75, 3.05) is 37.7 Å². The Bertz CT molecular complexity index is 449. The van der Waals surface area contributed by atoms with Crippen LogP contribution in [-0.4, -0.2) is 43.9 Å². The minimum Gasteiger partial charge on any atom is -0.377 e. The van der Waals surface area contributed by atoms with Crippen molar-refractivity contribution in [3.63, 3.8) is 0 Å². The van der Waals surface area contributed by atoms with Gasteiger partial charge in [0.25, 0.3) is 0 Å². The molecule has 3 rings (SSSR count). The van der Waals surface area contributed by atoms with Gasteiger partial charge in [0.1, 0.15) is 5.82 Å². The molecule has 4 heteroatoms. The molecule has 0 bridgehead atoms. The molecule has 1 fully saturated rings. The van der Waals surface area contributed by atoms with E-state index in [-0.39, 0.29) is 0 Å². The van der Waals surface area contributed by atoms with Gasteiger partial charge in [0, 0.05) is 18.8 Å². The van der Waals surface area contributed by atoms with Gasteiger partial charge >= 0.3 is 0 Å². The Balaban J connectivity index is 1.72. The molecule has 1 aliphatic heterocycles. The van der Waals surface area contributed by atoms with E-state index in [1.165, 1.54) is 30.5 Å². The number of hydrogen-bond donors (Lipinski definition) is 1. The third-order valence-corrected chi connectivity index (χ3v) is 4.24. The van der Waals surface area contributed by atoms with Gasteiger partial charge in [-0.1, -0.05) is 13.0 Å². The highest BCUT2D eigenvalue weighted by molar-refractivity contribution is 5.44. The van der Waals surface area contributed by atoms with E-state index in [0.717, 1.165) is 45.1 Å². The van der Waals surface area contributed by atoms with Gasteiger partial charge in [-0.3, -0.25) is 0 Å². The molecule has 4 nitrogen and oxygen atoms in total. The lowest BCUT2D eigenvalue weighted by Gasteiger charge is -2.37. The molecule has 0 aromatic carbocycles. The van der Waals surface area contributed by atoms with Gasteiger partial charge < -0.3 is 15.0 Å². The normalized spacial score (nSPS) is 22.1. The summed E-state index contributed by atoms with van der Waals surface area (Å²) in [5.74, 6) is 1.14. The summed E-state index contributed by atoms with van der Waals surface area (Å²) in [6, 6.07) is 4.88. The van der Waals surface area contributed by atoms with E-state index in [4.69, 9.17) is 9.72 Å². The molecule has 1 unspecified atom stereocenters. The van der Waals surface area contributed by atoms with Crippen molar-refractivity contribution in [2.24, 2.45) is 0 Å². The van der Waals surface area contributed by atoms with Crippen molar-refractivity contribution in [1.82, 2.24) is 10.3 Å². The van der Waals surface area contributed by atoms with Crippen molar-refractivity contribution >= 4 is 5.82 Å². The van der Waals surface area contributed by atoms with Gasteiger partial charge in [-0.2, -0.15) is 0 Å². The molecule has 110 valence electrons. The monoisotopic (exact) mass is 275 g/mol. The first kappa shape index (κ1) is 13.8. The number of morpholine rings is 1. The highest BCUT2D eigenvalue weighted by Crippen LogP contribution is 2.25. The average molecular weight is 275 g/mol. The van der Waals surface area contributed by atoms with Gasteiger partial charge in [0.15, 0.2) is 0 Å². The molecular weight excluding hydrogens is 250 g/mol. The van der Waals surface area contributed by atoms with Gasteiger partial charge in [-0.25, -0.2) is 4.98 Å². The molecule has 1 atom stereocenters. The Labute approximate surface area is 121 Å². The largest absolute Gasteiger partial charge is 0.377 e. The summed E-state index contributed by atoms with van der Waals surface area (Å²) in [4.78, 5) is 7.32. The van der Waals surface area contributed by atoms with E-state index >= 15 is 0 Å². The van der Waals surface area contributed by atoms with E-state index in [1.54, 1.807) is 0 Å². The first-order valence-electron chi connectivity index (χ1n) is 7.92. The zero-order valence-corrected chi connectivity index (χ0v) is 12.4. The van der Waals surface area contributed by atoms with E-state index in [0.29, 0.717) is 6.04 Å². The lowest BCUT2D eigenvalue weighted by molar-refractivity contribution is 0.0934. The smallest absolute Gasteiger partial charge is 0.129 e. The fourth-order valence-corrected chi connectivity index (χ4v) is 3.14. The van der Waals surface area contributed by atoms with E-state index in [9.17, 15) is 0 Å². The minimum absolute atomic E-state index is 0.405. The third kappa shape index (κ3) is 2.96. The molecule has 1 aromatic rings. The van der Waals surface area contributed by atoms with Gasteiger partial charge in [-0.05, 0) is 43.9 Å². The van der Waals surface area contributed by atoms with Gasteiger partial charge in [0.05, 0.1) is 19.3 Å². The number of hydrogen-bond acceptors (Lipinski definition) is 4. The molecule has 0 spiro atoms. The van der Waals surface area contributed by atoms with Crippen LogP contribution in [0.15, 0.2) is 12.1 Å². The average Bonchev–Trinajstić information content (AvgIpc) is 2.95. The number of aromatic nitrogens is 1. The molecule has 2 heterocycles. The van der Waals surface area contributed by atoms with Crippen LogP contribution in [0.25, 0.3) is 0 Å². The Kier molecular flexibility index (Phi) is 4.53. The van der Waals surface area contributed by atoms with Crippen molar-refractivity contribution < 1.29 is 4.74 Å². The number of anilines is 1. The second-order valence-corrected chi connectivity index (χ2v) is 5.76. The Morgan fingerprint density at radius 2 is 2.35 bits per heavy atom. The van der Waals surface area contributed by atoms with Crippen LogP contribution in [0.1, 0.15) is 31.0 Å². The van der Waals surface area contributed by atoms with E-state index in [1.807, 2.05) is 0 Å². The zero-order chi connectivity index (χ0) is 13.8. The number of nitrogens with one attached hydrogen (secondary N) is 1. The first-order chi connectivity index (χ1) is 9.88. The minimum atomic E-state index is 0.405. The second kappa shape index (κ2) is 6.55. The predicted octanol–water partition coefficient (Wildman–Crippen LogP) is 1.78. The fraction of sp³-hybridized carbons (Fsp3) is 0.688. The van der Waals surface area contributed by atoms with Crippen molar-refractivity contribution in [2.45, 2.75) is 38.6 Å². The molecule has 1 aromatic heterocycles. The maximum atomic E-state index is 5.65. The summed E-state index contributed by atoms with van der Waals surface area (Å²) in [6.45, 7) is 6.81. The fourth-order valence-electron chi connectivity index (χ4n) is 3.14. The Morgan fingerprint density at radius 3 is 3.25 bits per heavy atom. The highest BCUT2D eigenvalue weighted by Gasteiger charge is 2.25. The van der Waals surface area contributed by atoms with Crippen LogP contribution in [0.2, 0.25) is 0 Å². The van der Waals surface area contributed by atoms with Crippen LogP contribution >= 0.6 is 0 Å². The summed E-state index contributed by atoms with van der Waals surface area (Å²) in [5.41, 5.74) is 2.76. The summed E-state index contributed by atoms with van der Waals surface area (Å²) in [6.07, 6.45) is 4.78. The van der Waals surface area contributed by atoms with Crippen molar-refractivity contribution in [1.29, 1.82) is 0 Å². The molecule has 1 N–H and O–H groups in total. The standard InChI is InChI=1S/C16H25N3O/c1-2-8-17-11-14-12-20-10-9-19(14)16-7-6-13-4-3-5-15(13)18-16/h6-7,14,17H,2-5,8-12H2,1H3. The maximum absolute atomic E-state index is 5.65. The third-order valence-electron chi connectivity index (χ3n) is 4.24. The second-order valence-electron chi connectivity index (χ2n) is 5.76. The van der Waals surface area contributed by atoms with Crippen LogP contribution in [0, 0.1) is 0 Å². The highest BCUT2D eigenvalue weighted by atomic mass is 16.5. The molecular formula is C16H25N3O. The number of rotatable bonds is 5. The van der Waals surface area contributed by atoms with Gasteiger partial charge in [0.2, 0.25) is 0 Å². The Hall–Kier alpha value is -1.13. The van der Waals surface area contributed by atoms with E-state index < -0.39 is 0 Å². The lowest BCUT2D eigenvalue weighted by atomic mass is 10.2. The van der Waals surface area contributed by atoms with Crippen LogP contribution < -0.4 is 10.2 Å². The van der Waals surface area contributed by atoms with Crippen LogP contribution in [0.4, 0.5) is 5.82 Å². The number of nitrogens with zero attached hydrogens (tertiary/aromatic N) is 2. The lowest BCUT2D eigenvalue weighted by Crippen LogP contribution is -2.51. The van der Waals surface area contributed by atoms with Gasteiger partial charge in [-0.15, -0.1) is 0 Å². The number of fused-ring (bicyclic) bond motifs is 1. The summed E-state index contributed by atoms with van der Waals surface area (Å²) in [5, 5.41) is 3.51. The van der Waals surface area contributed by atoms with Crippen molar-refractivity contribution in [3.8, 4) is 0 Å². The van der Waals surface area contributed by atoms with Crippen LogP contribution in [0.3, 0.4) is 0 Å². The zero-order valence-electron chi connectivity index (χ0n) is 12.4. The number of ether oxygens (including phenoxy) is 1. The quantitative estimate of drug-likeness (QED) is 0.831. The summed E-state index contributed by atoms with van der Waals surface area (Å²) < 4.78 is 5.65. The van der Waals surface area contributed by atoms with Crippen molar-refractivity contribution in [3.05, 3.63) is 23.4 Å². The number of aryl methyl sites for hydroxylation is 2. The molecule has 20 heavy (non-hydrogen) atoms. The van der Waals surface area contributed by atoms with E-state index in [2.05, 4.69) is 29.3 Å². The molecule has 1 saturated heterocycles. The summed E-state index contributed by atoms with van der Waals surface area (Å²) in [7, 11) is 0. The van der Waals surface area contributed by atoms with Crippen LogP contribution in [0.5, 0.6) is 0 Å². The molecule has 1 aliphatic carbocycles. The molecule has 2 aliphatic rings. The van der Waals surface area contributed by atoms with Crippen LogP contribution in [-0.2, 0) is 17.6 Å². The molecule has 0 amide bonds. The summed E-state index contributed by atoms with van der Waals surface area (Å²) >= 11 is 0. The number of pyridine rings is 1. The SMILES string of the molecule is CCCNCC1COCCN1c1ccc2c(n1)CCC2. The maximum Gasteiger partial charge on any atom is 0.129 e. The molecule has 0 radical (unpaired) electrons. The first-order valence-corrected chi connectivity index (χ1v) is 7.92. The topological polar surface area (TPSA) is 37.4 Å². The Morgan fingerprint density at radius 1 is 1.40 bits per heavy atom.